The molecule has 0 unspecified atom stereocenters. The summed E-state index contributed by atoms with van der Waals surface area (Å²) >= 11 is 0. The third-order valence-corrected chi connectivity index (χ3v) is 6.26. The second kappa shape index (κ2) is 11.0. The number of anilines is 1. The number of nitrogens with one attached hydrogen (secondary N) is 1. The highest BCUT2D eigenvalue weighted by Gasteiger charge is 2.17. The first-order valence-electron chi connectivity index (χ1n) is 12.1. The molecule has 36 heavy (non-hydrogen) atoms. The first kappa shape index (κ1) is 23.6. The molecule has 0 spiro atoms. The smallest absolute Gasteiger partial charge is 0.234 e. The zero-order chi connectivity index (χ0) is 24.7. The van der Waals surface area contributed by atoms with Gasteiger partial charge in [-0.15, -0.1) is 0 Å². The normalized spacial score (nSPS) is 13.9. The van der Waals surface area contributed by atoms with Gasteiger partial charge < -0.3 is 19.5 Å². The molecule has 0 atom stereocenters. The van der Waals surface area contributed by atoms with Crippen molar-refractivity contribution in [2.24, 2.45) is 0 Å². The molecular weight excluding hydrogens is 452 g/mol. The Hall–Kier alpha value is -4.17. The first-order valence-corrected chi connectivity index (χ1v) is 12.1. The van der Waals surface area contributed by atoms with E-state index in [0.717, 1.165) is 41.5 Å². The van der Waals surface area contributed by atoms with Crippen LogP contribution in [0, 0.1) is 0 Å². The van der Waals surface area contributed by atoms with Crippen LogP contribution in [-0.4, -0.2) is 52.1 Å². The summed E-state index contributed by atoms with van der Waals surface area (Å²) in [5.41, 5.74) is 5.45. The lowest BCUT2D eigenvalue weighted by Crippen LogP contribution is -2.47. The van der Waals surface area contributed by atoms with E-state index >= 15 is 0 Å². The van der Waals surface area contributed by atoms with Crippen molar-refractivity contribution in [2.75, 3.05) is 31.6 Å². The number of nitrogens with zero attached hydrogens (tertiary/aromatic N) is 5. The number of rotatable bonds is 9. The van der Waals surface area contributed by atoms with Gasteiger partial charge in [-0.25, -0.2) is 4.98 Å². The van der Waals surface area contributed by atoms with Crippen molar-refractivity contribution in [1.29, 1.82) is 0 Å². The SMILES string of the molecule is COc1cccc(CN(Cc2cccc(-n3ccnc3)c2)c2ccnc(CN3CCNC(=O)C3)c2)c1. The van der Waals surface area contributed by atoms with Gasteiger partial charge in [-0.3, -0.25) is 14.7 Å². The molecule has 1 aliphatic rings. The summed E-state index contributed by atoms with van der Waals surface area (Å²) in [5, 5.41) is 2.88. The molecule has 8 nitrogen and oxygen atoms in total. The molecule has 0 aliphatic carbocycles. The fourth-order valence-electron chi connectivity index (χ4n) is 4.48. The van der Waals surface area contributed by atoms with Crippen LogP contribution in [0.15, 0.2) is 85.6 Å². The summed E-state index contributed by atoms with van der Waals surface area (Å²) in [6, 6.07) is 20.8. The van der Waals surface area contributed by atoms with Crippen molar-refractivity contribution in [2.45, 2.75) is 19.6 Å². The van der Waals surface area contributed by atoms with Crippen molar-refractivity contribution in [3.63, 3.8) is 0 Å². The first-order chi connectivity index (χ1) is 17.7. The summed E-state index contributed by atoms with van der Waals surface area (Å²) in [7, 11) is 1.69. The van der Waals surface area contributed by atoms with E-state index in [4.69, 9.17) is 4.74 Å². The topological polar surface area (TPSA) is 75.5 Å². The van der Waals surface area contributed by atoms with E-state index in [2.05, 4.69) is 67.5 Å². The van der Waals surface area contributed by atoms with Gasteiger partial charge in [0.1, 0.15) is 5.75 Å². The van der Waals surface area contributed by atoms with Gasteiger partial charge in [0.15, 0.2) is 0 Å². The van der Waals surface area contributed by atoms with Gasteiger partial charge in [-0.05, 0) is 47.5 Å². The van der Waals surface area contributed by atoms with Crippen molar-refractivity contribution in [3.05, 3.63) is 102 Å². The molecule has 1 saturated heterocycles. The minimum Gasteiger partial charge on any atom is -0.497 e. The summed E-state index contributed by atoms with van der Waals surface area (Å²) in [6.07, 6.45) is 7.40. The summed E-state index contributed by atoms with van der Waals surface area (Å²) in [5.74, 6) is 0.906. The van der Waals surface area contributed by atoms with Crippen LogP contribution in [0.2, 0.25) is 0 Å². The largest absolute Gasteiger partial charge is 0.497 e. The highest BCUT2D eigenvalue weighted by Crippen LogP contribution is 2.24. The number of methoxy groups -OCH3 is 1. The van der Waals surface area contributed by atoms with Gasteiger partial charge in [-0.1, -0.05) is 24.3 Å². The Labute approximate surface area is 211 Å². The van der Waals surface area contributed by atoms with Crippen LogP contribution in [0.3, 0.4) is 0 Å². The summed E-state index contributed by atoms with van der Waals surface area (Å²) in [6.45, 7) is 3.97. The second-order valence-electron chi connectivity index (χ2n) is 8.91. The van der Waals surface area contributed by atoms with Gasteiger partial charge in [0.05, 0.1) is 25.7 Å². The number of hydrogen-bond donors (Lipinski definition) is 1. The van der Waals surface area contributed by atoms with Crippen molar-refractivity contribution < 1.29 is 9.53 Å². The molecule has 8 heteroatoms. The number of benzene rings is 2. The average molecular weight is 483 g/mol. The molecule has 0 saturated carbocycles. The Bertz CT molecular complexity index is 1310. The van der Waals surface area contributed by atoms with E-state index in [1.807, 2.05) is 41.5 Å². The molecular formula is C28H30N6O2. The van der Waals surface area contributed by atoms with E-state index in [1.165, 1.54) is 5.56 Å². The number of hydrogen-bond acceptors (Lipinski definition) is 6. The number of ether oxygens (including phenoxy) is 1. The van der Waals surface area contributed by atoms with Crippen LogP contribution in [0.25, 0.3) is 5.69 Å². The summed E-state index contributed by atoms with van der Waals surface area (Å²) in [4.78, 5) is 25.1. The van der Waals surface area contributed by atoms with Crippen LogP contribution in [0.1, 0.15) is 16.8 Å². The Balaban J connectivity index is 1.42. The monoisotopic (exact) mass is 482 g/mol. The number of carbonyl (C=O) groups excluding carboxylic acids is 1. The van der Waals surface area contributed by atoms with Crippen LogP contribution in [0.4, 0.5) is 5.69 Å². The van der Waals surface area contributed by atoms with Crippen LogP contribution < -0.4 is 15.0 Å². The molecule has 3 heterocycles. The maximum atomic E-state index is 11.8. The fraction of sp³-hybridized carbons (Fsp3) is 0.250. The van der Waals surface area contributed by atoms with Crippen molar-refractivity contribution in [1.82, 2.24) is 24.8 Å². The zero-order valence-corrected chi connectivity index (χ0v) is 20.4. The average Bonchev–Trinajstić information content (AvgIpc) is 3.44. The maximum absolute atomic E-state index is 11.8. The van der Waals surface area contributed by atoms with E-state index < -0.39 is 0 Å². The number of carbonyl (C=O) groups is 1. The van der Waals surface area contributed by atoms with Crippen molar-refractivity contribution >= 4 is 11.6 Å². The lowest BCUT2D eigenvalue weighted by atomic mass is 10.1. The molecule has 4 aromatic rings. The molecule has 2 aromatic carbocycles. The maximum Gasteiger partial charge on any atom is 0.234 e. The Kier molecular flexibility index (Phi) is 7.23. The minimum atomic E-state index is 0.0647. The molecule has 2 aromatic heterocycles. The van der Waals surface area contributed by atoms with E-state index in [9.17, 15) is 4.79 Å². The molecule has 1 amide bonds. The fourth-order valence-corrected chi connectivity index (χ4v) is 4.48. The number of pyridine rings is 1. The standard InChI is InChI=1S/C28H30N6O2/c1-36-27-7-3-5-23(15-27)18-34(17-22-4-2-6-25(14-22)33-13-10-29-21-33)26-8-9-30-24(16-26)19-32-12-11-31-28(35)20-32/h2-10,13-16,21H,11-12,17-20H2,1H3,(H,31,35). The van der Waals surface area contributed by atoms with Gasteiger partial charge in [-0.2, -0.15) is 0 Å². The van der Waals surface area contributed by atoms with Gasteiger partial charge >= 0.3 is 0 Å². The molecule has 1 N–H and O–H groups in total. The highest BCUT2D eigenvalue weighted by molar-refractivity contribution is 5.78. The Morgan fingerprint density at radius 3 is 2.64 bits per heavy atom. The Morgan fingerprint density at radius 1 is 1.03 bits per heavy atom. The van der Waals surface area contributed by atoms with Gasteiger partial charge in [0.2, 0.25) is 5.91 Å². The second-order valence-corrected chi connectivity index (χ2v) is 8.91. The van der Waals surface area contributed by atoms with E-state index in [1.54, 1.807) is 13.3 Å². The van der Waals surface area contributed by atoms with Crippen LogP contribution >= 0.6 is 0 Å². The van der Waals surface area contributed by atoms with Gasteiger partial charge in [0, 0.05) is 62.7 Å². The number of piperazine rings is 1. The van der Waals surface area contributed by atoms with Gasteiger partial charge in [0.25, 0.3) is 0 Å². The molecule has 0 radical (unpaired) electrons. The lowest BCUT2D eigenvalue weighted by molar-refractivity contribution is -0.124. The molecule has 1 aliphatic heterocycles. The Morgan fingerprint density at radius 2 is 1.86 bits per heavy atom. The van der Waals surface area contributed by atoms with Crippen molar-refractivity contribution in [3.8, 4) is 11.4 Å². The molecule has 1 fully saturated rings. The lowest BCUT2D eigenvalue weighted by Gasteiger charge is -2.28. The molecule has 5 rings (SSSR count). The predicted octanol–water partition coefficient (Wildman–Crippen LogP) is 3.41. The summed E-state index contributed by atoms with van der Waals surface area (Å²) < 4.78 is 7.46. The highest BCUT2D eigenvalue weighted by atomic mass is 16.5. The molecule has 0 bridgehead atoms. The number of amides is 1. The third-order valence-electron chi connectivity index (χ3n) is 6.26. The van der Waals surface area contributed by atoms with Crippen LogP contribution in [0.5, 0.6) is 5.75 Å². The third kappa shape index (κ3) is 5.90. The predicted molar refractivity (Wildman–Crippen MR) is 139 cm³/mol. The van der Waals surface area contributed by atoms with E-state index in [-0.39, 0.29) is 5.91 Å². The van der Waals surface area contributed by atoms with Crippen LogP contribution in [-0.2, 0) is 24.4 Å². The number of aromatic nitrogens is 3. The molecule has 184 valence electrons. The zero-order valence-electron chi connectivity index (χ0n) is 20.4. The number of imidazole rings is 1. The van der Waals surface area contributed by atoms with E-state index in [0.29, 0.717) is 26.2 Å². The quantitative estimate of drug-likeness (QED) is 0.394. The minimum absolute atomic E-state index is 0.0647.